The Kier molecular flexibility index (Phi) is 9.81. The zero-order valence-electron chi connectivity index (χ0n) is 12.8. The lowest BCUT2D eigenvalue weighted by atomic mass is 9.94. The van der Waals surface area contributed by atoms with Crippen molar-refractivity contribution in [2.45, 2.75) is 102 Å². The molecule has 19 heavy (non-hydrogen) atoms. The van der Waals surface area contributed by atoms with Crippen molar-refractivity contribution < 1.29 is 0 Å². The van der Waals surface area contributed by atoms with Gasteiger partial charge in [-0.15, -0.1) is 0 Å². The van der Waals surface area contributed by atoms with Crippen molar-refractivity contribution in [2.24, 2.45) is 0 Å². The Morgan fingerprint density at radius 3 is 2.26 bits per heavy atom. The maximum atomic E-state index is 9.22. The van der Waals surface area contributed by atoms with Crippen LogP contribution in [0.2, 0.25) is 0 Å². The Balaban J connectivity index is 2.00. The van der Waals surface area contributed by atoms with Crippen molar-refractivity contribution in [3.8, 4) is 6.07 Å². The van der Waals surface area contributed by atoms with Gasteiger partial charge in [0, 0.05) is 6.04 Å². The predicted octanol–water partition coefficient (Wildman–Crippen LogP) is 4.94. The van der Waals surface area contributed by atoms with E-state index >= 15 is 0 Å². The minimum atomic E-state index is 0.0961. The first-order valence-corrected chi connectivity index (χ1v) is 8.52. The maximum Gasteiger partial charge on any atom is 0.0955 e. The quantitative estimate of drug-likeness (QED) is 0.567. The second kappa shape index (κ2) is 11.3. The highest BCUT2D eigenvalue weighted by atomic mass is 14.9. The van der Waals surface area contributed by atoms with Crippen LogP contribution < -0.4 is 5.32 Å². The Morgan fingerprint density at radius 2 is 1.63 bits per heavy atom. The summed E-state index contributed by atoms with van der Waals surface area (Å²) in [7, 11) is 0. The van der Waals surface area contributed by atoms with Crippen LogP contribution in [-0.4, -0.2) is 12.1 Å². The Bertz CT molecular complexity index is 238. The van der Waals surface area contributed by atoms with Crippen LogP contribution in [0.4, 0.5) is 0 Å². The number of unbranched alkanes of at least 4 members (excludes halogenated alkanes) is 6. The summed E-state index contributed by atoms with van der Waals surface area (Å²) in [5.41, 5.74) is 0. The number of nitriles is 1. The lowest BCUT2D eigenvalue weighted by Crippen LogP contribution is -2.38. The van der Waals surface area contributed by atoms with Gasteiger partial charge in [-0.2, -0.15) is 5.26 Å². The van der Waals surface area contributed by atoms with Gasteiger partial charge in [0.2, 0.25) is 0 Å². The third-order valence-corrected chi connectivity index (χ3v) is 4.29. The number of nitrogens with zero attached hydrogens (tertiary/aromatic N) is 1. The van der Waals surface area contributed by atoms with Crippen LogP contribution in [0.1, 0.15) is 90.4 Å². The molecule has 1 saturated carbocycles. The molecule has 0 aromatic heterocycles. The van der Waals surface area contributed by atoms with Crippen LogP contribution in [0, 0.1) is 11.3 Å². The molecule has 0 bridgehead atoms. The second-order valence-electron chi connectivity index (χ2n) is 6.09. The molecule has 1 fully saturated rings. The third-order valence-electron chi connectivity index (χ3n) is 4.29. The number of hydrogen-bond acceptors (Lipinski definition) is 2. The highest BCUT2D eigenvalue weighted by Gasteiger charge is 2.17. The molecular weight excluding hydrogens is 232 g/mol. The summed E-state index contributed by atoms with van der Waals surface area (Å²) in [5, 5.41) is 12.8. The normalized spacial score (nSPS) is 18.1. The first-order chi connectivity index (χ1) is 9.36. The predicted molar refractivity (Wildman–Crippen MR) is 82.0 cm³/mol. The van der Waals surface area contributed by atoms with Gasteiger partial charge >= 0.3 is 0 Å². The Labute approximate surface area is 120 Å². The van der Waals surface area contributed by atoms with Gasteiger partial charge in [0.1, 0.15) is 0 Å². The third kappa shape index (κ3) is 8.26. The Morgan fingerprint density at radius 1 is 1.00 bits per heavy atom. The molecule has 0 saturated heterocycles. The molecule has 1 rings (SSSR count). The number of rotatable bonds is 10. The van der Waals surface area contributed by atoms with E-state index in [0.717, 1.165) is 6.42 Å². The second-order valence-corrected chi connectivity index (χ2v) is 6.09. The van der Waals surface area contributed by atoms with E-state index in [2.05, 4.69) is 18.3 Å². The fourth-order valence-corrected chi connectivity index (χ4v) is 3.04. The standard InChI is InChI=1S/C17H32N2/c1-2-3-4-5-6-7-9-14-17(15-18)19-16-12-10-8-11-13-16/h16-17,19H,2-14H2,1H3. The van der Waals surface area contributed by atoms with Crippen molar-refractivity contribution in [3.05, 3.63) is 0 Å². The molecule has 1 aliphatic carbocycles. The molecule has 0 aromatic carbocycles. The maximum absolute atomic E-state index is 9.22. The highest BCUT2D eigenvalue weighted by Crippen LogP contribution is 2.18. The van der Waals surface area contributed by atoms with E-state index in [9.17, 15) is 5.26 Å². The fourth-order valence-electron chi connectivity index (χ4n) is 3.04. The van der Waals surface area contributed by atoms with Crippen molar-refractivity contribution in [2.75, 3.05) is 0 Å². The topological polar surface area (TPSA) is 35.8 Å². The van der Waals surface area contributed by atoms with Crippen molar-refractivity contribution >= 4 is 0 Å². The molecular formula is C17H32N2. The monoisotopic (exact) mass is 264 g/mol. The van der Waals surface area contributed by atoms with Gasteiger partial charge in [-0.25, -0.2) is 0 Å². The molecule has 0 spiro atoms. The molecule has 110 valence electrons. The van der Waals surface area contributed by atoms with E-state index < -0.39 is 0 Å². The van der Waals surface area contributed by atoms with Crippen LogP contribution in [0.25, 0.3) is 0 Å². The first kappa shape index (κ1) is 16.5. The molecule has 0 amide bonds. The van der Waals surface area contributed by atoms with Crippen molar-refractivity contribution in [1.29, 1.82) is 5.26 Å². The summed E-state index contributed by atoms with van der Waals surface area (Å²) >= 11 is 0. The molecule has 0 aromatic rings. The van der Waals surface area contributed by atoms with Gasteiger partial charge in [-0.1, -0.05) is 71.1 Å². The summed E-state index contributed by atoms with van der Waals surface area (Å²) < 4.78 is 0. The van der Waals surface area contributed by atoms with Crippen LogP contribution in [0.5, 0.6) is 0 Å². The molecule has 1 N–H and O–H groups in total. The average molecular weight is 264 g/mol. The van der Waals surface area contributed by atoms with Crippen molar-refractivity contribution in [1.82, 2.24) is 5.32 Å². The molecule has 1 aliphatic rings. The zero-order chi connectivity index (χ0) is 13.8. The van der Waals surface area contributed by atoms with Crippen LogP contribution >= 0.6 is 0 Å². The van der Waals surface area contributed by atoms with Gasteiger partial charge in [0.05, 0.1) is 12.1 Å². The van der Waals surface area contributed by atoms with Crippen LogP contribution in [0.15, 0.2) is 0 Å². The fraction of sp³-hybridized carbons (Fsp3) is 0.941. The number of nitrogens with one attached hydrogen (secondary N) is 1. The van der Waals surface area contributed by atoms with E-state index in [4.69, 9.17) is 0 Å². The largest absolute Gasteiger partial charge is 0.299 e. The summed E-state index contributed by atoms with van der Waals surface area (Å²) in [6.45, 7) is 2.26. The lowest BCUT2D eigenvalue weighted by molar-refractivity contribution is 0.347. The van der Waals surface area contributed by atoms with E-state index in [1.807, 2.05) is 0 Å². The molecule has 2 heteroatoms. The lowest BCUT2D eigenvalue weighted by Gasteiger charge is -2.25. The molecule has 1 atom stereocenters. The van der Waals surface area contributed by atoms with Gasteiger partial charge in [-0.3, -0.25) is 5.32 Å². The first-order valence-electron chi connectivity index (χ1n) is 8.52. The highest BCUT2D eigenvalue weighted by molar-refractivity contribution is 4.92. The molecule has 0 aliphatic heterocycles. The molecule has 2 nitrogen and oxygen atoms in total. The molecule has 0 radical (unpaired) electrons. The van der Waals surface area contributed by atoms with Crippen LogP contribution in [-0.2, 0) is 0 Å². The van der Waals surface area contributed by atoms with Gasteiger partial charge in [-0.05, 0) is 19.3 Å². The van der Waals surface area contributed by atoms with E-state index in [0.29, 0.717) is 6.04 Å². The molecule has 1 unspecified atom stereocenters. The minimum absolute atomic E-state index is 0.0961. The molecule has 0 heterocycles. The van der Waals surface area contributed by atoms with Crippen LogP contribution in [0.3, 0.4) is 0 Å². The van der Waals surface area contributed by atoms with Gasteiger partial charge < -0.3 is 0 Å². The van der Waals surface area contributed by atoms with Gasteiger partial charge in [0.25, 0.3) is 0 Å². The van der Waals surface area contributed by atoms with E-state index in [-0.39, 0.29) is 6.04 Å². The summed E-state index contributed by atoms with van der Waals surface area (Å²) in [5.74, 6) is 0. The van der Waals surface area contributed by atoms with E-state index in [1.165, 1.54) is 77.0 Å². The minimum Gasteiger partial charge on any atom is -0.299 e. The smallest absolute Gasteiger partial charge is 0.0955 e. The Hall–Kier alpha value is -0.550. The average Bonchev–Trinajstić information content (AvgIpc) is 2.46. The zero-order valence-corrected chi connectivity index (χ0v) is 12.8. The van der Waals surface area contributed by atoms with Crippen molar-refractivity contribution in [3.63, 3.8) is 0 Å². The van der Waals surface area contributed by atoms with E-state index in [1.54, 1.807) is 0 Å². The summed E-state index contributed by atoms with van der Waals surface area (Å²) in [6.07, 6.45) is 17.0. The summed E-state index contributed by atoms with van der Waals surface area (Å²) in [4.78, 5) is 0. The number of hydrogen-bond donors (Lipinski definition) is 1. The van der Waals surface area contributed by atoms with Gasteiger partial charge in [0.15, 0.2) is 0 Å². The summed E-state index contributed by atoms with van der Waals surface area (Å²) in [6, 6.07) is 3.16. The SMILES string of the molecule is CCCCCCCCCC(C#N)NC1CCCCC1.